The van der Waals surface area contributed by atoms with Crippen LogP contribution in [0, 0.1) is 6.92 Å². The third kappa shape index (κ3) is 5.38. The molecule has 0 radical (unpaired) electrons. The minimum atomic E-state index is -3.65. The molecule has 7 nitrogen and oxygen atoms in total. The second kappa shape index (κ2) is 9.59. The highest BCUT2D eigenvalue weighted by molar-refractivity contribution is 7.89. The molecule has 0 unspecified atom stereocenters. The smallest absolute Gasteiger partial charge is 0.309 e. The predicted octanol–water partition coefficient (Wildman–Crippen LogP) is 2.23. The number of carbonyl (C=O) groups excluding carboxylic acids is 2. The van der Waals surface area contributed by atoms with Gasteiger partial charge in [-0.2, -0.15) is 4.31 Å². The van der Waals surface area contributed by atoms with Gasteiger partial charge in [-0.1, -0.05) is 41.4 Å². The molecular weight excluding hydrogens is 426 g/mol. The Morgan fingerprint density at radius 2 is 1.67 bits per heavy atom. The van der Waals surface area contributed by atoms with Crippen molar-refractivity contribution in [3.8, 4) is 0 Å². The van der Waals surface area contributed by atoms with Gasteiger partial charge in [-0.25, -0.2) is 8.42 Å². The van der Waals surface area contributed by atoms with E-state index >= 15 is 0 Å². The number of sulfonamides is 1. The first kappa shape index (κ1) is 22.3. The molecule has 1 aliphatic rings. The highest BCUT2D eigenvalue weighted by Crippen LogP contribution is 2.26. The van der Waals surface area contributed by atoms with E-state index in [0.717, 1.165) is 11.1 Å². The first-order valence-electron chi connectivity index (χ1n) is 9.66. The van der Waals surface area contributed by atoms with Crippen molar-refractivity contribution in [2.75, 3.05) is 13.1 Å². The van der Waals surface area contributed by atoms with E-state index in [1.54, 1.807) is 48.5 Å². The summed E-state index contributed by atoms with van der Waals surface area (Å²) >= 11 is 5.82. The fraction of sp³-hybridized carbons (Fsp3) is 0.333. The fourth-order valence-electron chi connectivity index (χ4n) is 3.33. The van der Waals surface area contributed by atoms with Gasteiger partial charge in [-0.3, -0.25) is 9.59 Å². The molecule has 160 valence electrons. The summed E-state index contributed by atoms with van der Waals surface area (Å²) in [6.07, 6.45) is 1.33. The number of halogens is 1. The Balaban J connectivity index is 1.54. The molecule has 1 saturated heterocycles. The van der Waals surface area contributed by atoms with E-state index in [-0.39, 0.29) is 24.0 Å². The van der Waals surface area contributed by atoms with Crippen molar-refractivity contribution in [1.82, 2.24) is 14.9 Å². The predicted molar refractivity (Wildman–Crippen MR) is 114 cm³/mol. The number of hydrogen-bond acceptors (Lipinski definition) is 4. The molecule has 2 N–H and O–H groups in total. The van der Waals surface area contributed by atoms with Gasteiger partial charge in [0.2, 0.25) is 10.0 Å². The molecular formula is C21H24ClN3O4S. The Hall–Kier alpha value is -2.42. The lowest BCUT2D eigenvalue weighted by Crippen LogP contribution is -2.46. The van der Waals surface area contributed by atoms with Gasteiger partial charge in [-0.15, -0.1) is 0 Å². The standard InChI is InChI=1S/C21H24ClN3O4S/c1-15-4-10-19(11-5-15)30(28,29)25-12-2-3-18(25)14-24-21(27)20(26)23-13-16-6-8-17(22)9-7-16/h4-11,18H,2-3,12-14H2,1H3,(H,23,26)(H,24,27)/t18-/m0/s1. The van der Waals surface area contributed by atoms with E-state index in [9.17, 15) is 18.0 Å². The van der Waals surface area contributed by atoms with E-state index in [1.165, 1.54) is 4.31 Å². The van der Waals surface area contributed by atoms with Crippen LogP contribution in [-0.2, 0) is 26.2 Å². The van der Waals surface area contributed by atoms with Crippen LogP contribution in [0.2, 0.25) is 5.02 Å². The molecule has 0 saturated carbocycles. The third-order valence-corrected chi connectivity index (χ3v) is 7.24. The minimum Gasteiger partial charge on any atom is -0.346 e. The molecule has 0 aliphatic carbocycles. The van der Waals surface area contributed by atoms with Crippen LogP contribution in [0.5, 0.6) is 0 Å². The number of carbonyl (C=O) groups is 2. The van der Waals surface area contributed by atoms with Gasteiger partial charge < -0.3 is 10.6 Å². The Kier molecular flexibility index (Phi) is 7.12. The molecule has 1 aliphatic heterocycles. The average Bonchev–Trinajstić information content (AvgIpc) is 3.21. The van der Waals surface area contributed by atoms with Crippen LogP contribution in [-0.4, -0.2) is 43.7 Å². The number of aryl methyl sites for hydroxylation is 1. The highest BCUT2D eigenvalue weighted by Gasteiger charge is 2.35. The van der Waals surface area contributed by atoms with Crippen LogP contribution in [0.4, 0.5) is 0 Å². The Morgan fingerprint density at radius 3 is 2.33 bits per heavy atom. The topological polar surface area (TPSA) is 95.6 Å². The van der Waals surface area contributed by atoms with Gasteiger partial charge in [0.25, 0.3) is 0 Å². The summed E-state index contributed by atoms with van der Waals surface area (Å²) < 4.78 is 27.3. The molecule has 9 heteroatoms. The monoisotopic (exact) mass is 449 g/mol. The van der Waals surface area contributed by atoms with Crippen LogP contribution >= 0.6 is 11.6 Å². The highest BCUT2D eigenvalue weighted by atomic mass is 35.5. The molecule has 2 amide bonds. The molecule has 0 bridgehead atoms. The summed E-state index contributed by atoms with van der Waals surface area (Å²) in [6, 6.07) is 13.2. The molecule has 1 fully saturated rings. The SMILES string of the molecule is Cc1ccc(S(=O)(=O)N2CCC[C@H]2CNC(=O)C(=O)NCc2ccc(Cl)cc2)cc1. The Morgan fingerprint density at radius 1 is 1.03 bits per heavy atom. The van der Waals surface area contributed by atoms with Crippen molar-refractivity contribution < 1.29 is 18.0 Å². The van der Waals surface area contributed by atoms with Gasteiger partial charge >= 0.3 is 11.8 Å². The number of hydrogen-bond donors (Lipinski definition) is 2. The van der Waals surface area contributed by atoms with Crippen molar-refractivity contribution in [2.45, 2.75) is 37.2 Å². The third-order valence-electron chi connectivity index (χ3n) is 5.02. The van der Waals surface area contributed by atoms with Crippen molar-refractivity contribution in [1.29, 1.82) is 0 Å². The number of benzene rings is 2. The quantitative estimate of drug-likeness (QED) is 0.661. The van der Waals surface area contributed by atoms with Gasteiger partial charge in [-0.05, 0) is 49.6 Å². The van der Waals surface area contributed by atoms with Crippen molar-refractivity contribution >= 4 is 33.4 Å². The van der Waals surface area contributed by atoms with E-state index < -0.39 is 21.8 Å². The van der Waals surface area contributed by atoms with Crippen LogP contribution < -0.4 is 10.6 Å². The van der Waals surface area contributed by atoms with Gasteiger partial charge in [0.1, 0.15) is 0 Å². The van der Waals surface area contributed by atoms with E-state index in [4.69, 9.17) is 11.6 Å². The van der Waals surface area contributed by atoms with Crippen LogP contribution in [0.15, 0.2) is 53.4 Å². The summed E-state index contributed by atoms with van der Waals surface area (Å²) in [6.45, 7) is 2.56. The zero-order valence-corrected chi connectivity index (χ0v) is 18.2. The fourth-order valence-corrected chi connectivity index (χ4v) is 5.15. The number of nitrogens with zero attached hydrogens (tertiary/aromatic N) is 1. The second-order valence-electron chi connectivity index (χ2n) is 7.24. The number of nitrogens with one attached hydrogen (secondary N) is 2. The summed E-state index contributed by atoms with van der Waals surface area (Å²) in [5.74, 6) is -1.56. The van der Waals surface area contributed by atoms with Crippen LogP contribution in [0.1, 0.15) is 24.0 Å². The van der Waals surface area contributed by atoms with E-state index in [0.29, 0.717) is 24.4 Å². The molecule has 0 spiro atoms. The molecule has 3 rings (SSSR count). The normalized spacial score (nSPS) is 16.9. The first-order valence-corrected chi connectivity index (χ1v) is 11.5. The van der Waals surface area contributed by atoms with Crippen LogP contribution in [0.25, 0.3) is 0 Å². The van der Waals surface area contributed by atoms with E-state index in [2.05, 4.69) is 10.6 Å². The maximum atomic E-state index is 12.9. The molecule has 2 aromatic carbocycles. The minimum absolute atomic E-state index is 0.0816. The lowest BCUT2D eigenvalue weighted by Gasteiger charge is -2.24. The molecule has 30 heavy (non-hydrogen) atoms. The number of amides is 2. The first-order chi connectivity index (χ1) is 14.3. The Bertz CT molecular complexity index is 1010. The van der Waals surface area contributed by atoms with E-state index in [1.807, 2.05) is 6.92 Å². The average molecular weight is 450 g/mol. The second-order valence-corrected chi connectivity index (χ2v) is 9.57. The maximum absolute atomic E-state index is 12.9. The molecule has 2 aromatic rings. The largest absolute Gasteiger partial charge is 0.346 e. The summed E-state index contributed by atoms with van der Waals surface area (Å²) in [5.41, 5.74) is 1.79. The zero-order valence-electron chi connectivity index (χ0n) is 16.6. The van der Waals surface area contributed by atoms with Crippen molar-refractivity contribution in [3.63, 3.8) is 0 Å². The zero-order chi connectivity index (χ0) is 21.7. The maximum Gasteiger partial charge on any atom is 0.309 e. The van der Waals surface area contributed by atoms with Crippen molar-refractivity contribution in [2.24, 2.45) is 0 Å². The Labute approximate surface area is 181 Å². The molecule has 0 aromatic heterocycles. The summed E-state index contributed by atoms with van der Waals surface area (Å²) in [5, 5.41) is 5.68. The van der Waals surface area contributed by atoms with Gasteiger partial charge in [0.15, 0.2) is 0 Å². The summed E-state index contributed by atoms with van der Waals surface area (Å²) in [4.78, 5) is 24.4. The lowest BCUT2D eigenvalue weighted by molar-refractivity contribution is -0.139. The van der Waals surface area contributed by atoms with Crippen molar-refractivity contribution in [3.05, 3.63) is 64.7 Å². The van der Waals surface area contributed by atoms with Crippen LogP contribution in [0.3, 0.4) is 0 Å². The molecule has 1 atom stereocenters. The lowest BCUT2D eigenvalue weighted by atomic mass is 10.2. The number of rotatable bonds is 6. The summed E-state index contributed by atoms with van der Waals surface area (Å²) in [7, 11) is -3.65. The van der Waals surface area contributed by atoms with Gasteiger partial charge in [0.05, 0.1) is 4.90 Å². The molecule has 1 heterocycles. The van der Waals surface area contributed by atoms with Gasteiger partial charge in [0, 0.05) is 30.7 Å².